The van der Waals surface area contributed by atoms with E-state index < -0.39 is 0 Å². The Hall–Kier alpha value is -0.800. The van der Waals surface area contributed by atoms with Crippen LogP contribution >= 0.6 is 0 Å². The van der Waals surface area contributed by atoms with Gasteiger partial charge in [0.05, 0.1) is 6.26 Å². The number of furan rings is 1. The lowest BCUT2D eigenvalue weighted by Gasteiger charge is -2.22. The fourth-order valence-electron chi connectivity index (χ4n) is 2.19. The number of rotatable bonds is 5. The largest absolute Gasteiger partial charge is 0.467 e. The minimum Gasteiger partial charge on any atom is -0.467 e. The second-order valence-electron chi connectivity index (χ2n) is 4.51. The molecule has 2 heterocycles. The molecule has 1 fully saturated rings. The van der Waals surface area contributed by atoms with Crippen molar-refractivity contribution in [1.82, 2.24) is 5.32 Å². The van der Waals surface area contributed by atoms with Crippen LogP contribution in [0.25, 0.3) is 0 Å². The summed E-state index contributed by atoms with van der Waals surface area (Å²) in [5.41, 5.74) is 0. The summed E-state index contributed by atoms with van der Waals surface area (Å²) in [5.74, 6) is 1.76. The van der Waals surface area contributed by atoms with Crippen LogP contribution in [0.4, 0.5) is 0 Å². The second kappa shape index (κ2) is 6.06. The van der Waals surface area contributed by atoms with E-state index in [-0.39, 0.29) is 6.10 Å². The summed E-state index contributed by atoms with van der Waals surface area (Å²) in [4.78, 5) is 0. The predicted molar refractivity (Wildman–Crippen MR) is 63.3 cm³/mol. The summed E-state index contributed by atoms with van der Waals surface area (Å²) >= 11 is 0. The van der Waals surface area contributed by atoms with Crippen molar-refractivity contribution < 1.29 is 9.15 Å². The highest BCUT2D eigenvalue weighted by Gasteiger charge is 2.14. The van der Waals surface area contributed by atoms with Crippen molar-refractivity contribution in [3.8, 4) is 0 Å². The van der Waals surface area contributed by atoms with Gasteiger partial charge in [-0.1, -0.05) is 0 Å². The van der Waals surface area contributed by atoms with E-state index in [1.807, 2.05) is 19.1 Å². The molecule has 16 heavy (non-hydrogen) atoms. The molecule has 3 nitrogen and oxygen atoms in total. The van der Waals surface area contributed by atoms with Gasteiger partial charge in [0.1, 0.15) is 11.9 Å². The van der Waals surface area contributed by atoms with Gasteiger partial charge in [0, 0.05) is 6.61 Å². The number of piperidine rings is 1. The number of hydrogen-bond acceptors (Lipinski definition) is 3. The van der Waals surface area contributed by atoms with E-state index in [4.69, 9.17) is 9.15 Å². The summed E-state index contributed by atoms with van der Waals surface area (Å²) in [6.45, 7) is 5.21. The van der Waals surface area contributed by atoms with Crippen molar-refractivity contribution in [1.29, 1.82) is 0 Å². The molecule has 1 aliphatic heterocycles. The van der Waals surface area contributed by atoms with Crippen LogP contribution in [0, 0.1) is 5.92 Å². The highest BCUT2D eigenvalue weighted by molar-refractivity contribution is 5.00. The Balaban J connectivity index is 1.63. The van der Waals surface area contributed by atoms with Gasteiger partial charge in [0.25, 0.3) is 0 Å². The smallest absolute Gasteiger partial charge is 0.132 e. The first-order valence-electron chi connectivity index (χ1n) is 6.22. The molecule has 1 aliphatic rings. The highest BCUT2D eigenvalue weighted by atomic mass is 16.5. The zero-order chi connectivity index (χ0) is 11.2. The fraction of sp³-hybridized carbons (Fsp3) is 0.692. The molecule has 0 aromatic carbocycles. The van der Waals surface area contributed by atoms with E-state index in [9.17, 15) is 0 Å². The quantitative estimate of drug-likeness (QED) is 0.833. The lowest BCUT2D eigenvalue weighted by Crippen LogP contribution is -2.28. The third-order valence-corrected chi connectivity index (χ3v) is 3.30. The molecule has 1 N–H and O–H groups in total. The molecule has 2 rings (SSSR count). The first-order chi connectivity index (χ1) is 7.86. The Morgan fingerprint density at radius 2 is 2.31 bits per heavy atom. The van der Waals surface area contributed by atoms with Crippen LogP contribution in [0.1, 0.15) is 38.1 Å². The summed E-state index contributed by atoms with van der Waals surface area (Å²) < 4.78 is 11.1. The Kier molecular flexibility index (Phi) is 4.43. The molecule has 3 heteroatoms. The van der Waals surface area contributed by atoms with Crippen molar-refractivity contribution in [2.75, 3.05) is 19.7 Å². The minimum atomic E-state index is 0.0803. The molecular weight excluding hydrogens is 202 g/mol. The third kappa shape index (κ3) is 3.35. The maximum absolute atomic E-state index is 5.77. The summed E-state index contributed by atoms with van der Waals surface area (Å²) in [6.07, 6.45) is 5.53. The first-order valence-corrected chi connectivity index (χ1v) is 6.22. The average molecular weight is 223 g/mol. The topological polar surface area (TPSA) is 34.4 Å². The molecule has 0 amide bonds. The van der Waals surface area contributed by atoms with Gasteiger partial charge in [0.2, 0.25) is 0 Å². The van der Waals surface area contributed by atoms with Crippen LogP contribution in [0.3, 0.4) is 0 Å². The summed E-state index contributed by atoms with van der Waals surface area (Å²) in [5, 5.41) is 3.38. The molecule has 1 aromatic heterocycles. The predicted octanol–water partition coefficient (Wildman–Crippen LogP) is 2.75. The Labute approximate surface area is 97.2 Å². The number of hydrogen-bond donors (Lipinski definition) is 1. The van der Waals surface area contributed by atoms with Gasteiger partial charge in [-0.2, -0.15) is 0 Å². The van der Waals surface area contributed by atoms with Crippen LogP contribution in [0.2, 0.25) is 0 Å². The molecule has 0 spiro atoms. The van der Waals surface area contributed by atoms with E-state index >= 15 is 0 Å². The van der Waals surface area contributed by atoms with Crippen molar-refractivity contribution in [3.05, 3.63) is 24.2 Å². The van der Waals surface area contributed by atoms with Gasteiger partial charge < -0.3 is 14.5 Å². The maximum Gasteiger partial charge on any atom is 0.132 e. The first kappa shape index (κ1) is 11.7. The van der Waals surface area contributed by atoms with Crippen LogP contribution in [0.5, 0.6) is 0 Å². The highest BCUT2D eigenvalue weighted by Crippen LogP contribution is 2.20. The zero-order valence-electron chi connectivity index (χ0n) is 9.95. The lowest BCUT2D eigenvalue weighted by atomic mass is 9.95. The standard InChI is InChI=1S/C13H21NO2/c1-11(13-3-2-9-16-13)15-10-6-12-4-7-14-8-5-12/h2-3,9,11-12,14H,4-8,10H2,1H3/t11-/m1/s1. The fourth-order valence-corrected chi connectivity index (χ4v) is 2.19. The number of ether oxygens (including phenoxy) is 1. The van der Waals surface area contributed by atoms with Gasteiger partial charge in [-0.3, -0.25) is 0 Å². The molecule has 0 aliphatic carbocycles. The molecular formula is C13H21NO2. The second-order valence-corrected chi connectivity index (χ2v) is 4.51. The van der Waals surface area contributed by atoms with Crippen LogP contribution in [0.15, 0.2) is 22.8 Å². The van der Waals surface area contributed by atoms with E-state index in [1.54, 1.807) is 6.26 Å². The van der Waals surface area contributed by atoms with Gasteiger partial charge in [0.15, 0.2) is 0 Å². The molecule has 0 unspecified atom stereocenters. The van der Waals surface area contributed by atoms with E-state index in [1.165, 1.54) is 32.4 Å². The molecule has 0 bridgehead atoms. The molecule has 0 saturated carbocycles. The molecule has 0 radical (unpaired) electrons. The van der Waals surface area contributed by atoms with E-state index in [0.717, 1.165) is 18.3 Å². The van der Waals surface area contributed by atoms with Crippen molar-refractivity contribution in [2.24, 2.45) is 5.92 Å². The summed E-state index contributed by atoms with van der Waals surface area (Å²) in [6, 6.07) is 3.87. The third-order valence-electron chi connectivity index (χ3n) is 3.30. The van der Waals surface area contributed by atoms with Gasteiger partial charge >= 0.3 is 0 Å². The lowest BCUT2D eigenvalue weighted by molar-refractivity contribution is 0.0398. The minimum absolute atomic E-state index is 0.0803. The molecule has 90 valence electrons. The Bertz CT molecular complexity index is 278. The Morgan fingerprint density at radius 1 is 1.50 bits per heavy atom. The molecule has 1 aromatic rings. The SMILES string of the molecule is C[C@@H](OCCC1CCNCC1)c1ccco1. The zero-order valence-corrected chi connectivity index (χ0v) is 9.95. The Morgan fingerprint density at radius 3 is 3.00 bits per heavy atom. The van der Waals surface area contributed by atoms with Gasteiger partial charge in [-0.05, 0) is 57.3 Å². The molecule has 1 saturated heterocycles. The van der Waals surface area contributed by atoms with Crippen molar-refractivity contribution in [3.63, 3.8) is 0 Å². The van der Waals surface area contributed by atoms with Gasteiger partial charge in [-0.15, -0.1) is 0 Å². The van der Waals surface area contributed by atoms with Crippen molar-refractivity contribution >= 4 is 0 Å². The monoisotopic (exact) mass is 223 g/mol. The van der Waals surface area contributed by atoms with Crippen LogP contribution in [-0.4, -0.2) is 19.7 Å². The van der Waals surface area contributed by atoms with Crippen LogP contribution in [-0.2, 0) is 4.74 Å². The van der Waals surface area contributed by atoms with Crippen LogP contribution < -0.4 is 5.32 Å². The maximum atomic E-state index is 5.77. The van der Waals surface area contributed by atoms with Gasteiger partial charge in [-0.25, -0.2) is 0 Å². The average Bonchev–Trinajstić information content (AvgIpc) is 2.84. The number of nitrogens with one attached hydrogen (secondary N) is 1. The van der Waals surface area contributed by atoms with Crippen molar-refractivity contribution in [2.45, 2.75) is 32.3 Å². The molecule has 1 atom stereocenters. The van der Waals surface area contributed by atoms with E-state index in [2.05, 4.69) is 5.32 Å². The summed E-state index contributed by atoms with van der Waals surface area (Å²) in [7, 11) is 0. The normalized spacial score (nSPS) is 19.8. The van der Waals surface area contributed by atoms with E-state index in [0.29, 0.717) is 0 Å².